The van der Waals surface area contributed by atoms with Gasteiger partial charge < -0.3 is 9.32 Å². The molecule has 2 heteroatoms. The Morgan fingerprint density at radius 3 is 1.69 bits per heavy atom. The lowest BCUT2D eigenvalue weighted by Gasteiger charge is -2.27. The molecule has 0 saturated heterocycles. The Labute approximate surface area is 314 Å². The summed E-state index contributed by atoms with van der Waals surface area (Å²) in [5.74, 6) is 0. The molecule has 254 valence electrons. The van der Waals surface area contributed by atoms with E-state index in [0.29, 0.717) is 0 Å². The highest BCUT2D eigenvalue weighted by Gasteiger charge is 2.21. The van der Waals surface area contributed by atoms with Crippen molar-refractivity contribution in [1.82, 2.24) is 0 Å². The van der Waals surface area contributed by atoms with Crippen molar-refractivity contribution >= 4 is 49.8 Å². The molecule has 10 aromatic rings. The van der Waals surface area contributed by atoms with Crippen molar-refractivity contribution in [1.29, 1.82) is 0 Å². The molecule has 0 aliphatic heterocycles. The number of hydrogen-bond acceptors (Lipinski definition) is 2. The van der Waals surface area contributed by atoms with Crippen LogP contribution in [0.4, 0.5) is 17.1 Å². The highest BCUT2D eigenvalue weighted by atomic mass is 16.3. The first-order valence-electron chi connectivity index (χ1n) is 18.4. The zero-order chi connectivity index (χ0) is 35.8. The molecular weight excluding hydrogens is 655 g/mol. The maximum Gasteiger partial charge on any atom is 0.159 e. The van der Waals surface area contributed by atoms with Crippen molar-refractivity contribution in [2.45, 2.75) is 0 Å². The molecule has 0 aliphatic rings. The minimum Gasteiger partial charge on any atom is -0.454 e. The van der Waals surface area contributed by atoms with E-state index in [-0.39, 0.29) is 0 Å². The molecule has 0 spiro atoms. The molecular formula is C52H35NO. The van der Waals surface area contributed by atoms with Crippen LogP contribution in [0.5, 0.6) is 0 Å². The van der Waals surface area contributed by atoms with Crippen molar-refractivity contribution in [3.63, 3.8) is 0 Å². The van der Waals surface area contributed by atoms with Crippen molar-refractivity contribution in [3.8, 4) is 44.5 Å². The number of benzene rings is 9. The summed E-state index contributed by atoms with van der Waals surface area (Å²) in [4.78, 5) is 2.35. The van der Waals surface area contributed by atoms with Crippen LogP contribution in [-0.2, 0) is 0 Å². The van der Waals surface area contributed by atoms with Crippen LogP contribution in [0, 0.1) is 0 Å². The van der Waals surface area contributed by atoms with E-state index >= 15 is 0 Å². The first-order chi connectivity index (χ1) is 26.8. The maximum absolute atomic E-state index is 6.69. The molecule has 0 bridgehead atoms. The van der Waals surface area contributed by atoms with Crippen molar-refractivity contribution in [2.75, 3.05) is 4.90 Å². The zero-order valence-electron chi connectivity index (χ0n) is 29.6. The summed E-state index contributed by atoms with van der Waals surface area (Å²) < 4.78 is 6.69. The van der Waals surface area contributed by atoms with Gasteiger partial charge in [-0.15, -0.1) is 0 Å². The number of nitrogens with zero attached hydrogens (tertiary/aromatic N) is 1. The lowest BCUT2D eigenvalue weighted by molar-refractivity contribution is 0.669. The van der Waals surface area contributed by atoms with Gasteiger partial charge in [0.25, 0.3) is 0 Å². The van der Waals surface area contributed by atoms with E-state index in [1.165, 1.54) is 49.7 Å². The highest BCUT2D eigenvalue weighted by molar-refractivity contribution is 6.10. The molecule has 0 N–H and O–H groups in total. The summed E-state index contributed by atoms with van der Waals surface area (Å²) in [5.41, 5.74) is 14.3. The van der Waals surface area contributed by atoms with E-state index in [1.807, 2.05) is 6.07 Å². The molecule has 2 nitrogen and oxygen atoms in total. The normalized spacial score (nSPS) is 11.3. The second kappa shape index (κ2) is 13.4. The summed E-state index contributed by atoms with van der Waals surface area (Å²) in [7, 11) is 0. The minimum atomic E-state index is 0.857. The molecule has 1 aromatic heterocycles. The average Bonchev–Trinajstić information content (AvgIpc) is 3.64. The third kappa shape index (κ3) is 5.62. The molecule has 0 fully saturated rings. The van der Waals surface area contributed by atoms with Crippen LogP contribution in [0.1, 0.15) is 0 Å². The van der Waals surface area contributed by atoms with Gasteiger partial charge in [-0.05, 0) is 97.7 Å². The Kier molecular flexibility index (Phi) is 7.85. The van der Waals surface area contributed by atoms with Gasteiger partial charge in [-0.3, -0.25) is 0 Å². The standard InChI is InChI=1S/C52H35NO/c1-4-15-36(16-5-1)44-25-13-21-39-29-30-41(34-48(39)44)40-22-12-23-42(33-40)53(50-27-14-26-47-46-24-10-11-28-51(46)54-52(47)50)43-31-32-45(37-17-6-2-7-18-37)49(35-43)38-19-8-3-9-20-38/h1-35H. The fourth-order valence-corrected chi connectivity index (χ4v) is 7.88. The van der Waals surface area contributed by atoms with Crippen molar-refractivity contribution in [3.05, 3.63) is 212 Å². The van der Waals surface area contributed by atoms with Gasteiger partial charge in [0, 0.05) is 22.1 Å². The third-order valence-electron chi connectivity index (χ3n) is 10.5. The van der Waals surface area contributed by atoms with Gasteiger partial charge in [-0.25, -0.2) is 0 Å². The molecule has 0 radical (unpaired) electrons. The van der Waals surface area contributed by atoms with Crippen molar-refractivity contribution < 1.29 is 4.42 Å². The molecule has 0 atom stereocenters. The predicted octanol–water partition coefficient (Wildman–Crippen LogP) is 14.9. The van der Waals surface area contributed by atoms with Gasteiger partial charge in [-0.1, -0.05) is 170 Å². The van der Waals surface area contributed by atoms with Gasteiger partial charge in [0.1, 0.15) is 5.58 Å². The molecule has 0 saturated carbocycles. The number of hydrogen-bond donors (Lipinski definition) is 0. The summed E-state index contributed by atoms with van der Waals surface area (Å²) in [6, 6.07) is 75.9. The second-order valence-corrected chi connectivity index (χ2v) is 13.7. The van der Waals surface area contributed by atoms with E-state index in [2.05, 4.69) is 211 Å². The van der Waals surface area contributed by atoms with Gasteiger partial charge >= 0.3 is 0 Å². The second-order valence-electron chi connectivity index (χ2n) is 13.7. The highest BCUT2D eigenvalue weighted by Crippen LogP contribution is 2.45. The lowest BCUT2D eigenvalue weighted by atomic mass is 9.93. The Hall–Kier alpha value is -7.16. The Bertz CT molecular complexity index is 2930. The van der Waals surface area contributed by atoms with Crippen LogP contribution in [0.15, 0.2) is 217 Å². The SMILES string of the molecule is c1ccc(-c2ccc(N(c3cccc(-c4ccc5cccc(-c6ccccc6)c5c4)c3)c3cccc4c3oc3ccccc34)cc2-c2ccccc2)cc1. The Morgan fingerprint density at radius 2 is 0.907 bits per heavy atom. The molecule has 10 rings (SSSR count). The lowest BCUT2D eigenvalue weighted by Crippen LogP contribution is -2.10. The van der Waals surface area contributed by atoms with E-state index < -0.39 is 0 Å². The monoisotopic (exact) mass is 689 g/mol. The summed E-state index contributed by atoms with van der Waals surface area (Å²) in [5, 5.41) is 4.66. The fraction of sp³-hybridized carbons (Fsp3) is 0. The smallest absolute Gasteiger partial charge is 0.159 e. The zero-order valence-corrected chi connectivity index (χ0v) is 29.6. The number of furan rings is 1. The first-order valence-corrected chi connectivity index (χ1v) is 18.4. The Morgan fingerprint density at radius 1 is 0.315 bits per heavy atom. The maximum atomic E-state index is 6.69. The molecule has 0 unspecified atom stereocenters. The number of fused-ring (bicyclic) bond motifs is 4. The summed E-state index contributed by atoms with van der Waals surface area (Å²) in [6.45, 7) is 0. The van der Waals surface area contributed by atoms with Crippen LogP contribution >= 0.6 is 0 Å². The van der Waals surface area contributed by atoms with Gasteiger partial charge in [0.05, 0.1) is 5.69 Å². The quantitative estimate of drug-likeness (QED) is 0.166. The largest absolute Gasteiger partial charge is 0.454 e. The minimum absolute atomic E-state index is 0.857. The molecule has 0 amide bonds. The molecule has 54 heavy (non-hydrogen) atoms. The summed E-state index contributed by atoms with van der Waals surface area (Å²) >= 11 is 0. The van der Waals surface area contributed by atoms with E-state index in [0.717, 1.165) is 44.6 Å². The molecule has 9 aromatic carbocycles. The number of anilines is 3. The van der Waals surface area contributed by atoms with Crippen LogP contribution in [0.25, 0.3) is 77.2 Å². The van der Waals surface area contributed by atoms with Crippen LogP contribution < -0.4 is 4.90 Å². The predicted molar refractivity (Wildman–Crippen MR) is 228 cm³/mol. The average molecular weight is 690 g/mol. The van der Waals surface area contributed by atoms with Crippen molar-refractivity contribution in [2.24, 2.45) is 0 Å². The summed E-state index contributed by atoms with van der Waals surface area (Å²) in [6.07, 6.45) is 0. The van der Waals surface area contributed by atoms with Crippen LogP contribution in [-0.4, -0.2) is 0 Å². The van der Waals surface area contributed by atoms with Crippen LogP contribution in [0.2, 0.25) is 0 Å². The number of para-hydroxylation sites is 2. The Balaban J connectivity index is 1.19. The fourth-order valence-electron chi connectivity index (χ4n) is 7.88. The van der Waals surface area contributed by atoms with Gasteiger partial charge in [0.2, 0.25) is 0 Å². The first kappa shape index (κ1) is 31.6. The van der Waals surface area contributed by atoms with E-state index in [1.54, 1.807) is 0 Å². The molecule has 1 heterocycles. The topological polar surface area (TPSA) is 16.4 Å². The van der Waals surface area contributed by atoms with E-state index in [9.17, 15) is 0 Å². The number of rotatable bonds is 7. The van der Waals surface area contributed by atoms with Crippen LogP contribution in [0.3, 0.4) is 0 Å². The van der Waals surface area contributed by atoms with Gasteiger partial charge in [0.15, 0.2) is 5.58 Å². The van der Waals surface area contributed by atoms with Gasteiger partial charge in [-0.2, -0.15) is 0 Å². The van der Waals surface area contributed by atoms with E-state index in [4.69, 9.17) is 4.42 Å². The third-order valence-corrected chi connectivity index (χ3v) is 10.5. The molecule has 0 aliphatic carbocycles.